The summed E-state index contributed by atoms with van der Waals surface area (Å²) in [7, 11) is 1.45. The number of methoxy groups -OCH3 is 1. The maximum atomic E-state index is 13.2. The van der Waals surface area contributed by atoms with E-state index in [9.17, 15) is 9.59 Å². The van der Waals surface area contributed by atoms with E-state index in [0.29, 0.717) is 5.91 Å². The van der Waals surface area contributed by atoms with Crippen LogP contribution >= 0.6 is 0 Å². The zero-order valence-corrected chi connectivity index (χ0v) is 13.6. The van der Waals surface area contributed by atoms with E-state index >= 15 is 0 Å². The molecule has 0 aromatic rings. The van der Waals surface area contributed by atoms with Crippen molar-refractivity contribution in [2.45, 2.75) is 51.4 Å². The lowest BCUT2D eigenvalue weighted by atomic mass is 9.49. The molecule has 122 valence electrons. The van der Waals surface area contributed by atoms with Crippen molar-refractivity contribution in [3.05, 3.63) is 0 Å². The van der Waals surface area contributed by atoms with Gasteiger partial charge in [0.2, 0.25) is 5.91 Å². The van der Waals surface area contributed by atoms with Crippen molar-refractivity contribution in [2.75, 3.05) is 20.2 Å². The standard InChI is InChI=1S/C18H27NO3/c1-22-16(20)15-2-4-19(5-3-15)17(21)18-9-12-6-13(10-18)8-14(7-12)11-18/h12-15H,2-11H2,1H3. The maximum absolute atomic E-state index is 13.2. The Hall–Kier alpha value is -1.06. The van der Waals surface area contributed by atoms with Gasteiger partial charge in [0.05, 0.1) is 18.4 Å². The number of hydrogen-bond donors (Lipinski definition) is 0. The van der Waals surface area contributed by atoms with Gasteiger partial charge in [-0.05, 0) is 69.1 Å². The molecule has 4 nitrogen and oxygen atoms in total. The van der Waals surface area contributed by atoms with Crippen LogP contribution in [0.3, 0.4) is 0 Å². The minimum absolute atomic E-state index is 0.00888. The molecule has 0 spiro atoms. The number of piperidine rings is 1. The normalized spacial score (nSPS) is 40.8. The van der Waals surface area contributed by atoms with Crippen LogP contribution in [0.2, 0.25) is 0 Å². The first kappa shape index (κ1) is 14.5. The highest BCUT2D eigenvalue weighted by Gasteiger charge is 2.55. The van der Waals surface area contributed by atoms with E-state index in [0.717, 1.165) is 62.9 Å². The van der Waals surface area contributed by atoms with Crippen LogP contribution in [-0.4, -0.2) is 37.0 Å². The molecule has 1 aliphatic heterocycles. The molecule has 1 heterocycles. The topological polar surface area (TPSA) is 46.6 Å². The van der Waals surface area contributed by atoms with Crippen LogP contribution < -0.4 is 0 Å². The van der Waals surface area contributed by atoms with Gasteiger partial charge in [0.25, 0.3) is 0 Å². The predicted octanol–water partition coefficient (Wildman–Crippen LogP) is 2.61. The van der Waals surface area contributed by atoms with Crippen LogP contribution in [-0.2, 0) is 14.3 Å². The first-order valence-electron chi connectivity index (χ1n) is 8.97. The molecule has 0 aromatic carbocycles. The number of nitrogens with zero attached hydrogens (tertiary/aromatic N) is 1. The molecule has 4 saturated carbocycles. The Morgan fingerprint density at radius 1 is 0.955 bits per heavy atom. The first-order valence-corrected chi connectivity index (χ1v) is 8.97. The highest BCUT2D eigenvalue weighted by Crippen LogP contribution is 2.60. The van der Waals surface area contributed by atoms with E-state index in [-0.39, 0.29) is 17.3 Å². The van der Waals surface area contributed by atoms with Gasteiger partial charge < -0.3 is 9.64 Å². The van der Waals surface area contributed by atoms with Gasteiger partial charge in [0.1, 0.15) is 0 Å². The third-order valence-corrected chi connectivity index (χ3v) is 6.81. The van der Waals surface area contributed by atoms with Gasteiger partial charge >= 0.3 is 5.97 Å². The van der Waals surface area contributed by atoms with Crippen LogP contribution in [0.1, 0.15) is 51.4 Å². The fourth-order valence-electron chi connectivity index (χ4n) is 6.19. The highest BCUT2D eigenvalue weighted by molar-refractivity contribution is 5.83. The minimum Gasteiger partial charge on any atom is -0.469 e. The van der Waals surface area contributed by atoms with Crippen molar-refractivity contribution in [1.82, 2.24) is 4.90 Å². The molecule has 5 aliphatic rings. The maximum Gasteiger partial charge on any atom is 0.308 e. The fraction of sp³-hybridized carbons (Fsp3) is 0.889. The van der Waals surface area contributed by atoms with Gasteiger partial charge in [0, 0.05) is 13.1 Å². The molecule has 4 heteroatoms. The van der Waals surface area contributed by atoms with E-state index in [2.05, 4.69) is 4.90 Å². The Balaban J connectivity index is 1.43. The summed E-state index contributed by atoms with van der Waals surface area (Å²) < 4.78 is 4.84. The highest BCUT2D eigenvalue weighted by atomic mass is 16.5. The summed E-state index contributed by atoms with van der Waals surface area (Å²) in [4.78, 5) is 26.9. The fourth-order valence-corrected chi connectivity index (χ4v) is 6.19. The second kappa shape index (κ2) is 5.24. The second-order valence-electron chi connectivity index (χ2n) is 8.29. The Labute approximate surface area is 132 Å². The number of carbonyl (C=O) groups excluding carboxylic acids is 2. The molecule has 0 N–H and O–H groups in total. The van der Waals surface area contributed by atoms with E-state index in [1.165, 1.54) is 26.4 Å². The van der Waals surface area contributed by atoms with Crippen LogP contribution in [0.15, 0.2) is 0 Å². The number of hydrogen-bond acceptors (Lipinski definition) is 3. The van der Waals surface area contributed by atoms with Crippen molar-refractivity contribution in [3.63, 3.8) is 0 Å². The van der Waals surface area contributed by atoms with E-state index in [1.807, 2.05) is 0 Å². The summed E-state index contributed by atoms with van der Waals surface area (Å²) >= 11 is 0. The second-order valence-corrected chi connectivity index (χ2v) is 8.29. The third kappa shape index (κ3) is 2.26. The van der Waals surface area contributed by atoms with E-state index < -0.39 is 0 Å². The lowest BCUT2D eigenvalue weighted by Gasteiger charge is -2.57. The molecule has 0 aromatic heterocycles. The minimum atomic E-state index is -0.109. The lowest BCUT2D eigenvalue weighted by molar-refractivity contribution is -0.161. The Kier molecular flexibility index (Phi) is 3.46. The van der Waals surface area contributed by atoms with Crippen LogP contribution in [0.5, 0.6) is 0 Å². The Bertz CT molecular complexity index is 443. The molecule has 5 rings (SSSR count). The third-order valence-electron chi connectivity index (χ3n) is 6.81. The summed E-state index contributed by atoms with van der Waals surface area (Å²) in [5.41, 5.74) is -0.0349. The SMILES string of the molecule is COC(=O)C1CCN(C(=O)C23CC4CC(CC(C4)C2)C3)CC1. The molecular formula is C18H27NO3. The average molecular weight is 305 g/mol. The number of ether oxygens (including phenoxy) is 1. The zero-order valence-electron chi connectivity index (χ0n) is 13.6. The molecule has 0 atom stereocenters. The quantitative estimate of drug-likeness (QED) is 0.737. The van der Waals surface area contributed by atoms with Gasteiger partial charge in [-0.3, -0.25) is 9.59 Å². The molecular weight excluding hydrogens is 278 g/mol. The average Bonchev–Trinajstić information content (AvgIpc) is 2.52. The smallest absolute Gasteiger partial charge is 0.308 e. The molecule has 1 saturated heterocycles. The van der Waals surface area contributed by atoms with Crippen molar-refractivity contribution < 1.29 is 14.3 Å². The zero-order chi connectivity index (χ0) is 15.3. The summed E-state index contributed by atoms with van der Waals surface area (Å²) in [5.74, 6) is 2.72. The predicted molar refractivity (Wildman–Crippen MR) is 81.9 cm³/mol. The number of likely N-dealkylation sites (tertiary alicyclic amines) is 1. The van der Waals surface area contributed by atoms with Gasteiger partial charge in [-0.25, -0.2) is 0 Å². The summed E-state index contributed by atoms with van der Waals surface area (Å²) in [6, 6.07) is 0. The molecule has 4 aliphatic carbocycles. The van der Waals surface area contributed by atoms with Gasteiger partial charge in [0.15, 0.2) is 0 Å². The van der Waals surface area contributed by atoms with Crippen molar-refractivity contribution in [2.24, 2.45) is 29.1 Å². The van der Waals surface area contributed by atoms with Gasteiger partial charge in [-0.1, -0.05) is 0 Å². The molecule has 0 unspecified atom stereocenters. The number of esters is 1. The van der Waals surface area contributed by atoms with Gasteiger partial charge in [-0.2, -0.15) is 0 Å². The summed E-state index contributed by atoms with van der Waals surface area (Å²) in [5, 5.41) is 0. The van der Waals surface area contributed by atoms with Crippen LogP contribution in [0.4, 0.5) is 0 Å². The number of amides is 1. The first-order chi connectivity index (χ1) is 10.6. The monoisotopic (exact) mass is 305 g/mol. The molecule has 5 fully saturated rings. The van der Waals surface area contributed by atoms with Crippen molar-refractivity contribution >= 4 is 11.9 Å². The van der Waals surface area contributed by atoms with E-state index in [4.69, 9.17) is 4.74 Å². The summed E-state index contributed by atoms with van der Waals surface area (Å²) in [6.07, 6.45) is 9.05. The van der Waals surface area contributed by atoms with Crippen molar-refractivity contribution in [1.29, 1.82) is 0 Å². The van der Waals surface area contributed by atoms with Crippen molar-refractivity contribution in [3.8, 4) is 0 Å². The number of rotatable bonds is 2. The molecule has 22 heavy (non-hydrogen) atoms. The molecule has 0 radical (unpaired) electrons. The number of carbonyl (C=O) groups is 2. The Morgan fingerprint density at radius 2 is 1.45 bits per heavy atom. The molecule has 1 amide bonds. The largest absolute Gasteiger partial charge is 0.469 e. The lowest BCUT2D eigenvalue weighted by Crippen LogP contribution is -2.56. The Morgan fingerprint density at radius 3 is 1.91 bits per heavy atom. The molecule has 4 bridgehead atoms. The van der Waals surface area contributed by atoms with Crippen LogP contribution in [0.25, 0.3) is 0 Å². The van der Waals surface area contributed by atoms with E-state index in [1.54, 1.807) is 0 Å². The summed E-state index contributed by atoms with van der Waals surface area (Å²) in [6.45, 7) is 1.47. The van der Waals surface area contributed by atoms with Crippen LogP contribution in [0, 0.1) is 29.1 Å². The van der Waals surface area contributed by atoms with Gasteiger partial charge in [-0.15, -0.1) is 0 Å².